The van der Waals surface area contributed by atoms with E-state index in [-0.39, 0.29) is 53.0 Å². The summed E-state index contributed by atoms with van der Waals surface area (Å²) in [6, 6.07) is 0.999. The summed E-state index contributed by atoms with van der Waals surface area (Å²) in [5.41, 5.74) is 0.276. The predicted octanol–water partition coefficient (Wildman–Crippen LogP) is 4.19. The van der Waals surface area contributed by atoms with E-state index in [4.69, 9.17) is 25.9 Å². The third kappa shape index (κ3) is 7.49. The SMILES string of the molecule is C[C@@H]1C[C@H]2O[C@@H]2/C=C/C=C/C(=N\OCC(=O)NCC2CCCCC2)Cc2c(Cl)c(O)cc(O)c2C(=O)O1. The van der Waals surface area contributed by atoms with E-state index in [9.17, 15) is 19.8 Å². The standard InChI is InChI=1S/C27H33ClN2O7/c1-16-11-23-22(37-23)10-6-5-9-18(30-35-15-24(33)29-14-17-7-3-2-4-8-17)12-19-25(27(34)36-16)20(31)13-21(32)26(19)28/h5-6,9-10,13,16-17,22-23,31-32H,2-4,7-8,11-12,14-15H2,1H3,(H,29,33)/b9-5+,10-6+,30-18+/t16-,22-,23-/m1/s1. The highest BCUT2D eigenvalue weighted by Crippen LogP contribution is 2.38. The molecule has 3 atom stereocenters. The number of hydrogen-bond acceptors (Lipinski definition) is 8. The molecule has 4 rings (SSSR count). The van der Waals surface area contributed by atoms with Crippen LogP contribution in [0.15, 0.2) is 35.5 Å². The fourth-order valence-corrected chi connectivity index (χ4v) is 4.94. The highest BCUT2D eigenvalue weighted by molar-refractivity contribution is 6.33. The molecule has 0 spiro atoms. The lowest BCUT2D eigenvalue weighted by atomic mass is 9.89. The molecule has 200 valence electrons. The van der Waals surface area contributed by atoms with Gasteiger partial charge in [0, 0.05) is 25.5 Å². The largest absolute Gasteiger partial charge is 0.507 e. The molecule has 0 bridgehead atoms. The number of esters is 1. The molecule has 3 N–H and O–H groups in total. The van der Waals surface area contributed by atoms with E-state index in [1.807, 2.05) is 12.2 Å². The number of ether oxygens (including phenoxy) is 2. The molecule has 2 aliphatic heterocycles. The Bertz CT molecular complexity index is 1090. The van der Waals surface area contributed by atoms with Gasteiger partial charge in [-0.25, -0.2) is 4.79 Å². The van der Waals surface area contributed by atoms with Gasteiger partial charge in [0.15, 0.2) is 6.61 Å². The number of oxime groups is 1. The van der Waals surface area contributed by atoms with Gasteiger partial charge in [-0.1, -0.05) is 54.2 Å². The normalized spacial score (nSPS) is 27.2. The monoisotopic (exact) mass is 532 g/mol. The van der Waals surface area contributed by atoms with Gasteiger partial charge < -0.3 is 29.8 Å². The Kier molecular flexibility index (Phi) is 9.10. The Balaban J connectivity index is 1.52. The molecule has 0 unspecified atom stereocenters. The van der Waals surface area contributed by atoms with Crippen molar-refractivity contribution in [3.05, 3.63) is 46.5 Å². The summed E-state index contributed by atoms with van der Waals surface area (Å²) in [5.74, 6) is -1.41. The quantitative estimate of drug-likeness (QED) is 0.294. The van der Waals surface area contributed by atoms with Crippen LogP contribution in [0.4, 0.5) is 0 Å². The van der Waals surface area contributed by atoms with Crippen molar-refractivity contribution in [2.75, 3.05) is 13.2 Å². The van der Waals surface area contributed by atoms with Gasteiger partial charge in [0.25, 0.3) is 5.91 Å². The lowest BCUT2D eigenvalue weighted by Gasteiger charge is -2.21. The molecular formula is C27H33ClN2O7. The number of nitrogens with one attached hydrogen (secondary N) is 1. The zero-order valence-electron chi connectivity index (χ0n) is 20.8. The van der Waals surface area contributed by atoms with Crippen LogP contribution in [-0.4, -0.2) is 59.3 Å². The van der Waals surface area contributed by atoms with Crippen molar-refractivity contribution in [2.45, 2.75) is 70.2 Å². The zero-order valence-corrected chi connectivity index (χ0v) is 21.6. The van der Waals surface area contributed by atoms with Gasteiger partial charge in [0.2, 0.25) is 0 Å². The summed E-state index contributed by atoms with van der Waals surface area (Å²) in [6.45, 7) is 2.09. The van der Waals surface area contributed by atoms with Gasteiger partial charge in [-0.05, 0) is 37.3 Å². The highest BCUT2D eigenvalue weighted by atomic mass is 35.5. The van der Waals surface area contributed by atoms with E-state index < -0.39 is 17.8 Å². The molecule has 1 amide bonds. The lowest BCUT2D eigenvalue weighted by Crippen LogP contribution is -2.32. The summed E-state index contributed by atoms with van der Waals surface area (Å²) < 4.78 is 11.1. The number of nitrogens with zero attached hydrogens (tertiary/aromatic N) is 1. The topological polar surface area (TPSA) is 130 Å². The van der Waals surface area contributed by atoms with Crippen molar-refractivity contribution in [1.82, 2.24) is 5.32 Å². The molecule has 2 fully saturated rings. The minimum absolute atomic E-state index is 0.0732. The molecule has 0 aromatic heterocycles. The first kappa shape index (κ1) is 27.0. The Morgan fingerprint density at radius 3 is 2.78 bits per heavy atom. The predicted molar refractivity (Wildman–Crippen MR) is 138 cm³/mol. The van der Waals surface area contributed by atoms with Gasteiger partial charge >= 0.3 is 5.97 Å². The van der Waals surface area contributed by atoms with Crippen LogP contribution < -0.4 is 5.32 Å². The van der Waals surface area contributed by atoms with Crippen LogP contribution in [0, 0.1) is 5.92 Å². The number of carbonyl (C=O) groups excluding carboxylic acids is 2. The fraction of sp³-hybridized carbons (Fsp3) is 0.519. The van der Waals surface area contributed by atoms with Crippen LogP contribution in [0.3, 0.4) is 0 Å². The molecule has 2 heterocycles. The second kappa shape index (κ2) is 12.5. The fourth-order valence-electron chi connectivity index (χ4n) is 4.73. The molecule has 9 nitrogen and oxygen atoms in total. The van der Waals surface area contributed by atoms with E-state index in [1.54, 1.807) is 19.1 Å². The van der Waals surface area contributed by atoms with Crippen LogP contribution in [-0.2, 0) is 25.5 Å². The van der Waals surface area contributed by atoms with E-state index in [2.05, 4.69) is 10.5 Å². The van der Waals surface area contributed by atoms with E-state index in [1.165, 1.54) is 19.3 Å². The van der Waals surface area contributed by atoms with Gasteiger partial charge in [-0.3, -0.25) is 4.79 Å². The first-order valence-corrected chi connectivity index (χ1v) is 13.1. The number of allylic oxidation sites excluding steroid dienone is 3. The average molecular weight is 533 g/mol. The van der Waals surface area contributed by atoms with Crippen molar-refractivity contribution < 1.29 is 34.1 Å². The maximum Gasteiger partial charge on any atom is 0.342 e. The number of halogens is 1. The van der Waals surface area contributed by atoms with E-state index in [0.29, 0.717) is 24.6 Å². The molecule has 0 radical (unpaired) electrons. The molecule has 1 aliphatic carbocycles. The second-order valence-electron chi connectivity index (χ2n) is 9.76. The Hall–Kier alpha value is -3.04. The third-order valence-electron chi connectivity index (χ3n) is 6.77. The van der Waals surface area contributed by atoms with Crippen LogP contribution in [0.25, 0.3) is 0 Å². The van der Waals surface area contributed by atoms with Crippen molar-refractivity contribution in [3.8, 4) is 11.5 Å². The number of rotatable bonds is 5. The van der Waals surface area contributed by atoms with Crippen LogP contribution >= 0.6 is 11.6 Å². The first-order chi connectivity index (χ1) is 17.8. The number of aromatic hydroxyl groups is 2. The molecule has 1 saturated heterocycles. The molecule has 1 saturated carbocycles. The lowest BCUT2D eigenvalue weighted by molar-refractivity contribution is -0.125. The number of epoxide rings is 1. The summed E-state index contributed by atoms with van der Waals surface area (Å²) in [7, 11) is 0. The number of hydrogen-bond donors (Lipinski definition) is 3. The van der Waals surface area contributed by atoms with Crippen molar-refractivity contribution in [2.24, 2.45) is 11.1 Å². The number of fused-ring (bicyclic) bond motifs is 2. The zero-order chi connectivity index (χ0) is 26.4. The molecular weight excluding hydrogens is 500 g/mol. The van der Waals surface area contributed by atoms with Crippen LogP contribution in [0.2, 0.25) is 5.02 Å². The minimum atomic E-state index is -0.780. The number of phenols is 2. The Morgan fingerprint density at radius 1 is 1.22 bits per heavy atom. The van der Waals surface area contributed by atoms with E-state index in [0.717, 1.165) is 18.9 Å². The summed E-state index contributed by atoms with van der Waals surface area (Å²) in [4.78, 5) is 30.6. The highest BCUT2D eigenvalue weighted by Gasteiger charge is 2.38. The number of benzene rings is 1. The summed E-state index contributed by atoms with van der Waals surface area (Å²) in [5, 5.41) is 27.5. The second-order valence-corrected chi connectivity index (χ2v) is 10.1. The average Bonchev–Trinajstić information content (AvgIpc) is 3.60. The number of amides is 1. The van der Waals surface area contributed by atoms with Crippen molar-refractivity contribution in [3.63, 3.8) is 0 Å². The van der Waals surface area contributed by atoms with Gasteiger partial charge in [-0.2, -0.15) is 0 Å². The van der Waals surface area contributed by atoms with Gasteiger partial charge in [0.1, 0.15) is 29.3 Å². The Labute approximate surface area is 221 Å². The van der Waals surface area contributed by atoms with Gasteiger partial charge in [-0.15, -0.1) is 0 Å². The number of cyclic esters (lactones) is 1. The summed E-state index contributed by atoms with van der Waals surface area (Å²) in [6.07, 6.45) is 12.7. The number of phenolic OH excluding ortho intramolecular Hbond substituents is 2. The maximum absolute atomic E-state index is 13.0. The van der Waals surface area contributed by atoms with Gasteiger partial charge in [0.05, 0.1) is 16.8 Å². The maximum atomic E-state index is 13.0. The first-order valence-electron chi connectivity index (χ1n) is 12.7. The van der Waals surface area contributed by atoms with Crippen molar-refractivity contribution >= 4 is 29.2 Å². The Morgan fingerprint density at radius 2 is 2.00 bits per heavy atom. The minimum Gasteiger partial charge on any atom is -0.507 e. The smallest absolute Gasteiger partial charge is 0.342 e. The van der Waals surface area contributed by atoms with Crippen LogP contribution in [0.5, 0.6) is 11.5 Å². The molecule has 10 heteroatoms. The van der Waals surface area contributed by atoms with Crippen LogP contribution in [0.1, 0.15) is 61.4 Å². The van der Waals surface area contributed by atoms with E-state index >= 15 is 0 Å². The number of carbonyl (C=O) groups is 2. The molecule has 1 aromatic rings. The molecule has 37 heavy (non-hydrogen) atoms. The third-order valence-corrected chi connectivity index (χ3v) is 7.19. The molecule has 1 aromatic carbocycles. The summed E-state index contributed by atoms with van der Waals surface area (Å²) >= 11 is 6.34. The molecule has 3 aliphatic rings. The van der Waals surface area contributed by atoms with Crippen molar-refractivity contribution in [1.29, 1.82) is 0 Å².